The van der Waals surface area contributed by atoms with Gasteiger partial charge in [-0.15, -0.1) is 0 Å². The van der Waals surface area contributed by atoms with Crippen LogP contribution in [0, 0.1) is 5.92 Å². The van der Waals surface area contributed by atoms with E-state index in [0.717, 1.165) is 5.92 Å². The van der Waals surface area contributed by atoms with E-state index in [0.29, 0.717) is 18.3 Å². The summed E-state index contributed by atoms with van der Waals surface area (Å²) in [5.41, 5.74) is 0.260. The van der Waals surface area contributed by atoms with E-state index in [2.05, 4.69) is 12.2 Å². The molecule has 1 aliphatic rings. The van der Waals surface area contributed by atoms with E-state index in [1.54, 1.807) is 0 Å². The van der Waals surface area contributed by atoms with Gasteiger partial charge in [-0.05, 0) is 18.4 Å². The maximum atomic E-state index is 10.8. The first-order valence-electron chi connectivity index (χ1n) is 5.25. The molecule has 15 heavy (non-hydrogen) atoms. The Morgan fingerprint density at radius 3 is 3.13 bits per heavy atom. The lowest BCUT2D eigenvalue weighted by molar-refractivity contribution is 0.0694. The van der Waals surface area contributed by atoms with Gasteiger partial charge < -0.3 is 14.8 Å². The largest absolute Gasteiger partial charge is 0.478 e. The molecule has 1 aliphatic carbocycles. The lowest BCUT2D eigenvalue weighted by atomic mass is 10.2. The highest BCUT2D eigenvalue weighted by molar-refractivity contribution is 5.88. The minimum Gasteiger partial charge on any atom is -0.478 e. The minimum atomic E-state index is -0.927. The van der Waals surface area contributed by atoms with Crippen LogP contribution in [0.2, 0.25) is 0 Å². The predicted octanol–water partition coefficient (Wildman–Crippen LogP) is 1.87. The number of furan rings is 1. The Morgan fingerprint density at radius 2 is 2.53 bits per heavy atom. The molecule has 2 rings (SSSR count). The van der Waals surface area contributed by atoms with E-state index >= 15 is 0 Å². The van der Waals surface area contributed by atoms with Crippen molar-refractivity contribution in [2.75, 3.05) is 0 Å². The second-order valence-electron chi connectivity index (χ2n) is 3.95. The van der Waals surface area contributed by atoms with Gasteiger partial charge in [-0.1, -0.05) is 13.3 Å². The van der Waals surface area contributed by atoms with E-state index in [1.807, 2.05) is 0 Å². The number of aromatic carboxylic acids is 1. The van der Waals surface area contributed by atoms with Crippen LogP contribution in [-0.4, -0.2) is 17.1 Å². The number of carboxylic acids is 1. The van der Waals surface area contributed by atoms with Crippen molar-refractivity contribution in [2.24, 2.45) is 5.92 Å². The first-order chi connectivity index (χ1) is 7.22. The number of nitrogens with one attached hydrogen (secondary N) is 1. The number of rotatable bonds is 5. The van der Waals surface area contributed by atoms with Crippen molar-refractivity contribution in [3.8, 4) is 0 Å². The zero-order valence-electron chi connectivity index (χ0n) is 8.69. The Hall–Kier alpha value is -1.29. The highest BCUT2D eigenvalue weighted by atomic mass is 16.4. The van der Waals surface area contributed by atoms with E-state index in [1.165, 1.54) is 25.2 Å². The molecule has 2 N–H and O–H groups in total. The summed E-state index contributed by atoms with van der Waals surface area (Å²) in [6.07, 6.45) is 3.80. The van der Waals surface area contributed by atoms with Gasteiger partial charge >= 0.3 is 5.97 Å². The van der Waals surface area contributed by atoms with Gasteiger partial charge in [-0.25, -0.2) is 4.79 Å². The average Bonchev–Trinajstić information content (AvgIpc) is 2.81. The fourth-order valence-electron chi connectivity index (χ4n) is 1.84. The van der Waals surface area contributed by atoms with Crippen molar-refractivity contribution in [1.82, 2.24) is 5.32 Å². The molecule has 0 aliphatic heterocycles. The Kier molecular flexibility index (Phi) is 2.77. The van der Waals surface area contributed by atoms with E-state index in [-0.39, 0.29) is 5.56 Å². The van der Waals surface area contributed by atoms with Crippen LogP contribution in [0.25, 0.3) is 0 Å². The lowest BCUT2D eigenvalue weighted by Gasteiger charge is -2.01. The normalized spacial score (nSPS) is 24.1. The van der Waals surface area contributed by atoms with Gasteiger partial charge in [0.05, 0.1) is 12.8 Å². The third-order valence-corrected chi connectivity index (χ3v) is 2.95. The molecule has 0 radical (unpaired) electrons. The third-order valence-electron chi connectivity index (χ3n) is 2.95. The molecule has 4 nitrogen and oxygen atoms in total. The highest BCUT2D eigenvalue weighted by Crippen LogP contribution is 2.33. The van der Waals surface area contributed by atoms with Crippen molar-refractivity contribution >= 4 is 5.97 Å². The standard InChI is InChI=1S/C11H15NO3/c1-2-7-5-9(7)12-6-10-8(11(13)14)3-4-15-10/h3-4,7,9,12H,2,5-6H2,1H3,(H,13,14). The lowest BCUT2D eigenvalue weighted by Crippen LogP contribution is -2.18. The Bertz CT molecular complexity index is 358. The molecule has 1 heterocycles. The molecular weight excluding hydrogens is 194 g/mol. The molecule has 82 valence electrons. The van der Waals surface area contributed by atoms with Crippen molar-refractivity contribution in [1.29, 1.82) is 0 Å². The summed E-state index contributed by atoms with van der Waals surface area (Å²) < 4.78 is 5.13. The molecule has 0 aromatic carbocycles. The fraction of sp³-hybridized carbons (Fsp3) is 0.545. The topological polar surface area (TPSA) is 62.5 Å². The molecule has 0 bridgehead atoms. The molecule has 1 fully saturated rings. The van der Waals surface area contributed by atoms with Gasteiger partial charge in [0.15, 0.2) is 0 Å². The molecule has 1 aromatic rings. The minimum absolute atomic E-state index is 0.260. The Morgan fingerprint density at radius 1 is 1.73 bits per heavy atom. The van der Waals surface area contributed by atoms with Crippen LogP contribution < -0.4 is 5.32 Å². The maximum Gasteiger partial charge on any atom is 0.339 e. The second kappa shape index (κ2) is 4.06. The van der Waals surface area contributed by atoms with Crippen molar-refractivity contribution in [3.05, 3.63) is 23.7 Å². The van der Waals surface area contributed by atoms with Crippen molar-refractivity contribution in [3.63, 3.8) is 0 Å². The zero-order valence-corrected chi connectivity index (χ0v) is 8.69. The first kappa shape index (κ1) is 10.2. The highest BCUT2D eigenvalue weighted by Gasteiger charge is 2.34. The molecule has 1 aromatic heterocycles. The van der Waals surface area contributed by atoms with Gasteiger partial charge in [-0.2, -0.15) is 0 Å². The third kappa shape index (κ3) is 2.21. The summed E-state index contributed by atoms with van der Waals surface area (Å²) in [6, 6.07) is 2.03. The van der Waals surface area contributed by atoms with Gasteiger partial charge in [-0.3, -0.25) is 0 Å². The Balaban J connectivity index is 1.88. The van der Waals surface area contributed by atoms with E-state index in [4.69, 9.17) is 9.52 Å². The second-order valence-corrected chi connectivity index (χ2v) is 3.95. The van der Waals surface area contributed by atoms with Crippen LogP contribution in [0.15, 0.2) is 16.7 Å². The monoisotopic (exact) mass is 209 g/mol. The molecule has 0 spiro atoms. The van der Waals surface area contributed by atoms with Gasteiger partial charge in [0.25, 0.3) is 0 Å². The van der Waals surface area contributed by atoms with E-state index in [9.17, 15) is 4.79 Å². The average molecular weight is 209 g/mol. The summed E-state index contributed by atoms with van der Waals surface area (Å²) in [5.74, 6) is 0.348. The van der Waals surface area contributed by atoms with Crippen molar-refractivity contribution in [2.45, 2.75) is 32.4 Å². The van der Waals surface area contributed by atoms with Crippen LogP contribution in [0.3, 0.4) is 0 Å². The van der Waals surface area contributed by atoms with E-state index < -0.39 is 5.97 Å². The van der Waals surface area contributed by atoms with Crippen LogP contribution in [-0.2, 0) is 6.54 Å². The number of carbonyl (C=O) groups is 1. The first-order valence-corrected chi connectivity index (χ1v) is 5.25. The number of hydrogen-bond acceptors (Lipinski definition) is 3. The molecule has 2 atom stereocenters. The van der Waals surface area contributed by atoms with Crippen LogP contribution in [0.1, 0.15) is 35.9 Å². The summed E-state index contributed by atoms with van der Waals surface area (Å²) in [4.78, 5) is 10.8. The molecule has 0 saturated heterocycles. The smallest absolute Gasteiger partial charge is 0.339 e. The summed E-state index contributed by atoms with van der Waals surface area (Å²) in [6.45, 7) is 2.68. The quantitative estimate of drug-likeness (QED) is 0.777. The zero-order chi connectivity index (χ0) is 10.8. The molecule has 4 heteroatoms. The summed E-state index contributed by atoms with van der Waals surface area (Å²) in [7, 11) is 0. The van der Waals surface area contributed by atoms with Gasteiger partial charge in [0.2, 0.25) is 0 Å². The molecule has 0 amide bonds. The molecule has 2 unspecified atom stereocenters. The van der Waals surface area contributed by atoms with Gasteiger partial charge in [0.1, 0.15) is 11.3 Å². The molecular formula is C11H15NO3. The van der Waals surface area contributed by atoms with Crippen molar-refractivity contribution < 1.29 is 14.3 Å². The summed E-state index contributed by atoms with van der Waals surface area (Å²) >= 11 is 0. The predicted molar refractivity (Wildman–Crippen MR) is 54.7 cm³/mol. The fourth-order valence-corrected chi connectivity index (χ4v) is 1.84. The number of hydrogen-bond donors (Lipinski definition) is 2. The van der Waals surface area contributed by atoms with Gasteiger partial charge in [0, 0.05) is 6.04 Å². The number of carboxylic acid groups (broad SMARTS) is 1. The SMILES string of the molecule is CCC1CC1NCc1occc1C(=O)O. The Labute approximate surface area is 88.3 Å². The maximum absolute atomic E-state index is 10.8. The van der Waals surface area contributed by atoms with Crippen LogP contribution in [0.4, 0.5) is 0 Å². The summed E-state index contributed by atoms with van der Waals surface area (Å²) in [5, 5.41) is 12.1. The molecule has 1 saturated carbocycles. The van der Waals surface area contributed by atoms with Crippen LogP contribution in [0.5, 0.6) is 0 Å². The van der Waals surface area contributed by atoms with Crippen LogP contribution >= 0.6 is 0 Å².